The second kappa shape index (κ2) is 9.79. The van der Waals surface area contributed by atoms with E-state index in [9.17, 15) is 0 Å². The highest BCUT2D eigenvalue weighted by Crippen LogP contribution is 2.36. The topological polar surface area (TPSA) is 84.6 Å². The van der Waals surface area contributed by atoms with E-state index in [-0.39, 0.29) is 0 Å². The zero-order valence-electron chi connectivity index (χ0n) is 20.3. The van der Waals surface area contributed by atoms with Crippen molar-refractivity contribution in [2.75, 3.05) is 26.8 Å². The number of hydrogen-bond acceptors (Lipinski definition) is 8. The van der Waals surface area contributed by atoms with Crippen molar-refractivity contribution in [2.45, 2.75) is 25.7 Å². The maximum Gasteiger partial charge on any atom is 0.237 e. The highest BCUT2D eigenvalue weighted by molar-refractivity contribution is 7.18. The van der Waals surface area contributed by atoms with E-state index in [2.05, 4.69) is 53.5 Å². The summed E-state index contributed by atoms with van der Waals surface area (Å²) in [6.45, 7) is 2.70. The number of nitrogens with zero attached hydrogens (tertiary/aromatic N) is 4. The number of fused-ring (bicyclic) bond motifs is 2. The van der Waals surface area contributed by atoms with Gasteiger partial charge in [-0.25, -0.2) is 9.97 Å². The summed E-state index contributed by atoms with van der Waals surface area (Å²) >= 11 is 1.58. The molecule has 2 N–H and O–H groups in total. The van der Waals surface area contributed by atoms with Gasteiger partial charge < -0.3 is 24.4 Å². The molecule has 0 bridgehead atoms. The molecule has 0 atom stereocenters. The van der Waals surface area contributed by atoms with Crippen LogP contribution in [0.15, 0.2) is 69.8 Å². The monoisotopic (exact) mass is 499 g/mol. The summed E-state index contributed by atoms with van der Waals surface area (Å²) in [6.07, 6.45) is 8.30. The van der Waals surface area contributed by atoms with Crippen molar-refractivity contribution in [1.82, 2.24) is 19.8 Å². The van der Waals surface area contributed by atoms with Crippen LogP contribution in [-0.2, 0) is 12.8 Å². The molecule has 0 aliphatic carbocycles. The Morgan fingerprint density at radius 3 is 2.00 bits per heavy atom. The number of nitrogens with two attached hydrogens (primary N) is 1. The fraction of sp³-hybridized carbons (Fsp3) is 0.286. The van der Waals surface area contributed by atoms with Crippen molar-refractivity contribution in [1.29, 1.82) is 0 Å². The first-order valence-corrected chi connectivity index (χ1v) is 13.2. The first kappa shape index (κ1) is 22.8. The van der Waals surface area contributed by atoms with Crippen LogP contribution in [0, 0.1) is 0 Å². The summed E-state index contributed by atoms with van der Waals surface area (Å²) in [5, 5.41) is 0. The van der Waals surface area contributed by atoms with Gasteiger partial charge in [0.25, 0.3) is 0 Å². The molecular formula is C28H29N5O2S. The quantitative estimate of drug-likeness (QED) is 0.272. The van der Waals surface area contributed by atoms with Gasteiger partial charge in [0.05, 0.1) is 16.4 Å². The number of aromatic nitrogens is 2. The van der Waals surface area contributed by atoms with E-state index in [0.717, 1.165) is 70.9 Å². The van der Waals surface area contributed by atoms with Crippen LogP contribution >= 0.6 is 11.3 Å². The normalized spacial score (nSPS) is 13.6. The molecule has 3 aromatic heterocycles. The third-order valence-electron chi connectivity index (χ3n) is 6.45. The van der Waals surface area contributed by atoms with Crippen LogP contribution in [0.5, 0.6) is 0 Å². The average molecular weight is 500 g/mol. The summed E-state index contributed by atoms with van der Waals surface area (Å²) in [5.74, 6) is 1.25. The third kappa shape index (κ3) is 4.74. The van der Waals surface area contributed by atoms with Crippen molar-refractivity contribution in [3.8, 4) is 21.5 Å². The summed E-state index contributed by atoms with van der Waals surface area (Å²) in [7, 11) is 2.09. The van der Waals surface area contributed by atoms with Gasteiger partial charge in [0, 0.05) is 26.0 Å². The summed E-state index contributed by atoms with van der Waals surface area (Å²) in [4.78, 5) is 15.9. The average Bonchev–Trinajstić information content (AvgIpc) is 3.67. The molecule has 5 aromatic rings. The molecule has 1 aliphatic heterocycles. The van der Waals surface area contributed by atoms with Gasteiger partial charge >= 0.3 is 0 Å². The van der Waals surface area contributed by atoms with E-state index in [1.165, 1.54) is 11.1 Å². The highest BCUT2D eigenvalue weighted by Gasteiger charge is 2.16. The van der Waals surface area contributed by atoms with E-state index in [1.807, 2.05) is 24.3 Å². The first-order chi connectivity index (χ1) is 17.6. The number of aryl methyl sites for hydroxylation is 2. The molecule has 7 nitrogen and oxygen atoms in total. The molecule has 4 heterocycles. The van der Waals surface area contributed by atoms with Crippen molar-refractivity contribution < 1.29 is 8.83 Å². The molecule has 1 aliphatic rings. The zero-order valence-corrected chi connectivity index (χ0v) is 21.1. The maximum atomic E-state index is 6.08. The summed E-state index contributed by atoms with van der Waals surface area (Å²) in [5.41, 5.74) is 11.5. The number of benzene rings is 2. The second-order valence-electron chi connectivity index (χ2n) is 9.31. The van der Waals surface area contributed by atoms with E-state index in [0.29, 0.717) is 18.3 Å². The number of rotatable bonds is 9. The minimum absolute atomic E-state index is 0.620. The lowest BCUT2D eigenvalue weighted by Crippen LogP contribution is -2.23. The Kier molecular flexibility index (Phi) is 6.21. The molecular weight excluding hydrogens is 470 g/mol. The Balaban J connectivity index is 1.16. The third-order valence-corrected chi connectivity index (χ3v) is 7.51. The van der Waals surface area contributed by atoms with Crippen molar-refractivity contribution in [3.63, 3.8) is 0 Å². The van der Waals surface area contributed by atoms with Gasteiger partial charge in [0.15, 0.2) is 11.2 Å². The standard InChI is InChI=1S/C28H29N5O2S/c1-32-14-15-33(18-32)13-3-5-20-7-9-24-22(17-20)31-28(35-24)26-11-10-25(36-26)27-30-21-16-19(4-2-12-29)6-8-23(21)34-27/h6-11,14-17H,2-5,12-13,18,29H2,1H3. The Bertz CT molecular complexity index is 1530. The molecule has 0 saturated heterocycles. The van der Waals surface area contributed by atoms with Crippen LogP contribution in [0.3, 0.4) is 0 Å². The van der Waals surface area contributed by atoms with Gasteiger partial charge in [0.2, 0.25) is 11.8 Å². The SMILES string of the molecule is CN1C=CN(CCCc2ccc3oc(-c4ccc(-c5nc6cc(CCCN)ccc6o5)s4)nc3c2)C1. The Labute approximate surface area is 213 Å². The molecule has 184 valence electrons. The number of hydrogen-bond donors (Lipinski definition) is 1. The number of thiophene rings is 1. The van der Waals surface area contributed by atoms with E-state index in [1.54, 1.807) is 11.3 Å². The van der Waals surface area contributed by atoms with Gasteiger partial charge in [-0.05, 0) is 79.8 Å². The molecule has 36 heavy (non-hydrogen) atoms. The van der Waals surface area contributed by atoms with Crippen LogP contribution in [0.4, 0.5) is 0 Å². The van der Waals surface area contributed by atoms with E-state index >= 15 is 0 Å². The fourth-order valence-corrected chi connectivity index (χ4v) is 5.42. The van der Waals surface area contributed by atoms with E-state index in [4.69, 9.17) is 24.5 Å². The molecule has 2 aromatic carbocycles. The number of oxazole rings is 2. The Morgan fingerprint density at radius 1 is 0.833 bits per heavy atom. The van der Waals surface area contributed by atoms with Gasteiger partial charge in [-0.3, -0.25) is 0 Å². The molecule has 0 spiro atoms. The molecule has 0 unspecified atom stereocenters. The summed E-state index contributed by atoms with van der Waals surface area (Å²) < 4.78 is 12.1. The van der Waals surface area contributed by atoms with Crippen molar-refractivity contribution in [3.05, 3.63) is 72.1 Å². The van der Waals surface area contributed by atoms with Gasteiger partial charge in [-0.1, -0.05) is 12.1 Å². The molecule has 0 radical (unpaired) electrons. The predicted molar refractivity (Wildman–Crippen MR) is 144 cm³/mol. The minimum Gasteiger partial charge on any atom is -0.435 e. The molecule has 0 fully saturated rings. The molecule has 0 amide bonds. The molecule has 0 saturated carbocycles. The zero-order chi connectivity index (χ0) is 24.5. The maximum absolute atomic E-state index is 6.08. The van der Waals surface area contributed by atoms with Gasteiger partial charge in [-0.15, -0.1) is 11.3 Å². The lowest BCUT2D eigenvalue weighted by Gasteiger charge is -2.17. The molecule has 8 heteroatoms. The fourth-order valence-electron chi connectivity index (χ4n) is 4.56. The Morgan fingerprint density at radius 2 is 1.44 bits per heavy atom. The van der Waals surface area contributed by atoms with Crippen LogP contribution < -0.4 is 5.73 Å². The molecule has 6 rings (SSSR count). The van der Waals surface area contributed by atoms with Crippen LogP contribution in [0.25, 0.3) is 43.7 Å². The lowest BCUT2D eigenvalue weighted by atomic mass is 10.1. The smallest absolute Gasteiger partial charge is 0.237 e. The van der Waals surface area contributed by atoms with Gasteiger partial charge in [0.1, 0.15) is 11.0 Å². The largest absolute Gasteiger partial charge is 0.435 e. The van der Waals surface area contributed by atoms with Crippen LogP contribution in [0.1, 0.15) is 24.0 Å². The van der Waals surface area contributed by atoms with Crippen molar-refractivity contribution in [2.24, 2.45) is 5.73 Å². The van der Waals surface area contributed by atoms with Crippen LogP contribution in [-0.4, -0.2) is 46.6 Å². The first-order valence-electron chi connectivity index (χ1n) is 12.4. The summed E-state index contributed by atoms with van der Waals surface area (Å²) in [6, 6.07) is 16.5. The minimum atomic E-state index is 0.620. The Hall–Kier alpha value is -3.62. The van der Waals surface area contributed by atoms with Crippen LogP contribution in [0.2, 0.25) is 0 Å². The second-order valence-corrected chi connectivity index (χ2v) is 10.4. The predicted octanol–water partition coefficient (Wildman–Crippen LogP) is 5.86. The highest BCUT2D eigenvalue weighted by atomic mass is 32.1. The van der Waals surface area contributed by atoms with Crippen molar-refractivity contribution >= 4 is 33.5 Å². The van der Waals surface area contributed by atoms with Gasteiger partial charge in [-0.2, -0.15) is 0 Å². The van der Waals surface area contributed by atoms with E-state index < -0.39 is 0 Å². The lowest BCUT2D eigenvalue weighted by molar-refractivity contribution is 0.294.